The second-order valence-corrected chi connectivity index (χ2v) is 9.99. The van der Waals surface area contributed by atoms with E-state index in [2.05, 4.69) is 27.9 Å². The number of rotatable bonds is 5. The maximum Gasteiger partial charge on any atom is 0.238 e. The largest absolute Gasteiger partial charge is 0.325 e. The average molecular weight is 576 g/mol. The smallest absolute Gasteiger partial charge is 0.238 e. The van der Waals surface area contributed by atoms with Crippen LogP contribution in [0.15, 0.2) is 83.9 Å². The molecular weight excluding hydrogens is 557 g/mol. The second kappa shape index (κ2) is 10.5. The summed E-state index contributed by atoms with van der Waals surface area (Å²) in [5, 5.41) is 3.49. The van der Waals surface area contributed by atoms with Gasteiger partial charge in [-0.25, -0.2) is 4.99 Å². The van der Waals surface area contributed by atoms with E-state index in [1.165, 1.54) is 11.8 Å². The first-order chi connectivity index (χ1) is 15.5. The third-order valence-corrected chi connectivity index (χ3v) is 6.94. The zero-order valence-electron chi connectivity index (χ0n) is 16.9. The molecular formula is C24H19ClIN3O2S. The van der Waals surface area contributed by atoms with Crippen molar-refractivity contribution in [3.05, 3.63) is 93.0 Å². The monoisotopic (exact) mass is 575 g/mol. The number of carbonyl (C=O) groups excluding carboxylic acids is 2. The highest BCUT2D eigenvalue weighted by atomic mass is 127. The Hall–Kier alpha value is -2.36. The molecule has 0 radical (unpaired) electrons. The molecule has 0 saturated carbocycles. The molecule has 8 heteroatoms. The Labute approximate surface area is 209 Å². The number of nitrogens with one attached hydrogen (secondary N) is 1. The summed E-state index contributed by atoms with van der Waals surface area (Å²) < 4.78 is 1.08. The molecule has 162 valence electrons. The van der Waals surface area contributed by atoms with Crippen LogP contribution in [-0.2, 0) is 16.1 Å². The van der Waals surface area contributed by atoms with E-state index >= 15 is 0 Å². The van der Waals surface area contributed by atoms with Crippen LogP contribution in [0, 0.1) is 3.57 Å². The number of para-hydroxylation sites is 1. The van der Waals surface area contributed by atoms with Crippen LogP contribution in [0.5, 0.6) is 0 Å². The van der Waals surface area contributed by atoms with E-state index in [1.807, 2.05) is 66.7 Å². The Morgan fingerprint density at radius 1 is 1.06 bits per heavy atom. The van der Waals surface area contributed by atoms with Gasteiger partial charge in [0.25, 0.3) is 0 Å². The molecule has 1 aliphatic rings. The van der Waals surface area contributed by atoms with Crippen molar-refractivity contribution in [2.75, 3.05) is 5.32 Å². The fourth-order valence-electron chi connectivity index (χ4n) is 3.14. The molecule has 4 rings (SSSR count). The number of thioether (sulfide) groups is 1. The highest BCUT2D eigenvalue weighted by Crippen LogP contribution is 2.31. The third kappa shape index (κ3) is 5.90. The molecule has 0 bridgehead atoms. The van der Waals surface area contributed by atoms with Crippen molar-refractivity contribution in [3.8, 4) is 0 Å². The van der Waals surface area contributed by atoms with Crippen molar-refractivity contribution in [1.82, 2.24) is 4.90 Å². The average Bonchev–Trinajstić information content (AvgIpc) is 2.79. The van der Waals surface area contributed by atoms with Gasteiger partial charge in [0.05, 0.1) is 12.2 Å². The minimum atomic E-state index is -0.564. The number of hydrogen-bond acceptors (Lipinski definition) is 4. The number of aliphatic imine (C=N–C) groups is 1. The SMILES string of the molecule is O=C(Nc1ccc(I)cc1)C1CC(=O)N(Cc2ccc(Cl)cc2)C(=Nc2ccccc2)S1. The lowest BCUT2D eigenvalue weighted by molar-refractivity contribution is -0.129. The van der Waals surface area contributed by atoms with Gasteiger partial charge in [0.2, 0.25) is 11.8 Å². The number of amides is 2. The normalized spacial score (nSPS) is 17.4. The molecule has 3 aromatic rings. The summed E-state index contributed by atoms with van der Waals surface area (Å²) in [6, 6.07) is 24.3. The minimum absolute atomic E-state index is 0.0995. The fourth-order valence-corrected chi connectivity index (χ4v) is 4.72. The minimum Gasteiger partial charge on any atom is -0.325 e. The Balaban J connectivity index is 1.57. The Morgan fingerprint density at radius 3 is 2.44 bits per heavy atom. The van der Waals surface area contributed by atoms with Gasteiger partial charge < -0.3 is 5.32 Å². The second-order valence-electron chi connectivity index (χ2n) is 7.14. The van der Waals surface area contributed by atoms with Crippen molar-refractivity contribution < 1.29 is 9.59 Å². The van der Waals surface area contributed by atoms with E-state index in [0.29, 0.717) is 22.4 Å². The van der Waals surface area contributed by atoms with Crippen LogP contribution < -0.4 is 5.32 Å². The summed E-state index contributed by atoms with van der Waals surface area (Å²) in [4.78, 5) is 32.4. The van der Waals surface area contributed by atoms with Gasteiger partial charge in [-0.1, -0.05) is 53.7 Å². The predicted octanol–water partition coefficient (Wildman–Crippen LogP) is 6.11. The Bertz CT molecular complexity index is 1140. The summed E-state index contributed by atoms with van der Waals surface area (Å²) in [7, 11) is 0. The zero-order valence-corrected chi connectivity index (χ0v) is 20.6. The van der Waals surface area contributed by atoms with Crippen molar-refractivity contribution in [2.24, 2.45) is 4.99 Å². The van der Waals surface area contributed by atoms with Crippen molar-refractivity contribution in [2.45, 2.75) is 18.2 Å². The number of carbonyl (C=O) groups is 2. The molecule has 0 aliphatic carbocycles. The van der Waals surface area contributed by atoms with Gasteiger partial charge in [-0.15, -0.1) is 0 Å². The molecule has 0 aromatic heterocycles. The number of benzene rings is 3. The van der Waals surface area contributed by atoms with Crippen LogP contribution in [0.25, 0.3) is 0 Å². The first-order valence-electron chi connectivity index (χ1n) is 9.89. The van der Waals surface area contributed by atoms with Gasteiger partial charge in [0.15, 0.2) is 5.17 Å². The molecule has 32 heavy (non-hydrogen) atoms. The fraction of sp³-hybridized carbons (Fsp3) is 0.125. The van der Waals surface area contributed by atoms with Crippen LogP contribution in [0.3, 0.4) is 0 Å². The molecule has 3 aromatic carbocycles. The molecule has 5 nitrogen and oxygen atoms in total. The number of halogens is 2. The first-order valence-corrected chi connectivity index (χ1v) is 12.2. The van der Waals surface area contributed by atoms with Crippen molar-refractivity contribution in [3.63, 3.8) is 0 Å². The summed E-state index contributed by atoms with van der Waals surface area (Å²) in [6.45, 7) is 0.361. The van der Waals surface area contributed by atoms with Crippen molar-refractivity contribution >= 4 is 74.3 Å². The van der Waals surface area contributed by atoms with Gasteiger partial charge in [-0.3, -0.25) is 14.5 Å². The summed E-state index contributed by atoms with van der Waals surface area (Å²) in [5.41, 5.74) is 2.36. The lowest BCUT2D eigenvalue weighted by atomic mass is 10.2. The number of hydrogen-bond donors (Lipinski definition) is 1. The Kier molecular flexibility index (Phi) is 7.49. The van der Waals surface area contributed by atoms with E-state index in [0.717, 1.165) is 14.8 Å². The maximum atomic E-state index is 13.1. The van der Waals surface area contributed by atoms with Crippen LogP contribution in [0.4, 0.5) is 11.4 Å². The highest BCUT2D eigenvalue weighted by molar-refractivity contribution is 14.1. The molecule has 2 amide bonds. The molecule has 1 fully saturated rings. The predicted molar refractivity (Wildman–Crippen MR) is 139 cm³/mol. The van der Waals surface area contributed by atoms with Crippen LogP contribution in [0.2, 0.25) is 5.02 Å². The van der Waals surface area contributed by atoms with Gasteiger partial charge in [-0.2, -0.15) is 0 Å². The summed E-state index contributed by atoms with van der Waals surface area (Å²) >= 11 is 9.51. The summed E-state index contributed by atoms with van der Waals surface area (Å²) in [5.74, 6) is -0.354. The van der Waals surface area contributed by atoms with E-state index < -0.39 is 5.25 Å². The molecule has 1 saturated heterocycles. The molecule has 1 N–H and O–H groups in total. The first kappa shape index (κ1) is 22.8. The molecule has 1 heterocycles. The highest BCUT2D eigenvalue weighted by Gasteiger charge is 2.36. The van der Waals surface area contributed by atoms with E-state index in [9.17, 15) is 9.59 Å². The molecule has 1 aliphatic heterocycles. The molecule has 1 atom stereocenters. The summed E-state index contributed by atoms with van der Waals surface area (Å²) in [6.07, 6.45) is 0.0995. The van der Waals surface area contributed by atoms with Crippen LogP contribution >= 0.6 is 46.0 Å². The van der Waals surface area contributed by atoms with Gasteiger partial charge in [0, 0.05) is 20.7 Å². The van der Waals surface area contributed by atoms with E-state index in [1.54, 1.807) is 17.0 Å². The number of amidine groups is 1. The van der Waals surface area contributed by atoms with Gasteiger partial charge in [-0.05, 0) is 76.7 Å². The number of nitrogens with zero attached hydrogens (tertiary/aromatic N) is 2. The maximum absolute atomic E-state index is 13.1. The van der Waals surface area contributed by atoms with Gasteiger partial charge >= 0.3 is 0 Å². The zero-order chi connectivity index (χ0) is 22.5. The molecule has 1 unspecified atom stereocenters. The molecule has 0 spiro atoms. The quantitative estimate of drug-likeness (QED) is 0.374. The van der Waals surface area contributed by atoms with Crippen LogP contribution in [-0.4, -0.2) is 27.1 Å². The Morgan fingerprint density at radius 2 is 1.75 bits per heavy atom. The lowest BCUT2D eigenvalue weighted by Crippen LogP contribution is -2.44. The van der Waals surface area contributed by atoms with Crippen LogP contribution in [0.1, 0.15) is 12.0 Å². The van der Waals surface area contributed by atoms with Gasteiger partial charge in [0.1, 0.15) is 5.25 Å². The topological polar surface area (TPSA) is 61.8 Å². The third-order valence-electron chi connectivity index (χ3n) is 4.78. The standard InChI is InChI=1S/C24H19ClIN3O2S/c25-17-8-6-16(7-9-17)15-29-22(30)14-21(23(31)27-20-12-10-18(26)11-13-20)32-24(29)28-19-4-2-1-3-5-19/h1-13,21H,14-15H2,(H,27,31). The number of anilines is 1. The lowest BCUT2D eigenvalue weighted by Gasteiger charge is -2.32. The van der Waals surface area contributed by atoms with E-state index in [4.69, 9.17) is 16.6 Å². The van der Waals surface area contributed by atoms with E-state index in [-0.39, 0.29) is 18.2 Å². The van der Waals surface area contributed by atoms with Crippen molar-refractivity contribution in [1.29, 1.82) is 0 Å².